The Morgan fingerprint density at radius 1 is 0.966 bits per heavy atom. The number of nitrogens with one attached hydrogen (secondary N) is 1. The molecule has 3 aromatic rings. The Kier molecular flexibility index (Phi) is 5.07. The van der Waals surface area contributed by atoms with Gasteiger partial charge in [0, 0.05) is 10.6 Å². The standard InChI is InChI=1S/C24H22N2O2S/c1-4-17-9-11-18(12-10-17)26-23(27)21(20-6-5-13-29-20)22(24(26)28)25-19-14-15(2)7-8-16(19)3/h5-14,25H,4H2,1-3H3. The number of imide groups is 1. The van der Waals surface area contributed by atoms with Crippen LogP contribution in [0.25, 0.3) is 5.57 Å². The van der Waals surface area contributed by atoms with Gasteiger partial charge >= 0.3 is 0 Å². The number of carbonyl (C=O) groups excluding carboxylic acids is 2. The van der Waals surface area contributed by atoms with Crippen LogP contribution in [0.1, 0.15) is 28.5 Å². The summed E-state index contributed by atoms with van der Waals surface area (Å²) in [6.07, 6.45) is 0.903. The minimum absolute atomic E-state index is 0.297. The number of hydrogen-bond acceptors (Lipinski definition) is 4. The summed E-state index contributed by atoms with van der Waals surface area (Å²) in [7, 11) is 0. The fourth-order valence-electron chi connectivity index (χ4n) is 3.42. The Balaban J connectivity index is 1.79. The van der Waals surface area contributed by atoms with E-state index < -0.39 is 0 Å². The van der Waals surface area contributed by atoms with Crippen molar-refractivity contribution in [2.45, 2.75) is 27.2 Å². The molecular formula is C24H22N2O2S. The number of anilines is 2. The molecule has 0 fully saturated rings. The fourth-order valence-corrected chi connectivity index (χ4v) is 4.18. The summed E-state index contributed by atoms with van der Waals surface area (Å²) < 4.78 is 0. The molecule has 1 aromatic heterocycles. The summed E-state index contributed by atoms with van der Waals surface area (Å²) in [5.74, 6) is -0.627. The lowest BCUT2D eigenvalue weighted by Gasteiger charge is -2.16. The SMILES string of the molecule is CCc1ccc(N2C(=O)C(Nc3cc(C)ccc3C)=C(c3cccs3)C2=O)cc1. The molecule has 29 heavy (non-hydrogen) atoms. The van der Waals surface area contributed by atoms with Crippen molar-refractivity contribution in [3.8, 4) is 0 Å². The van der Waals surface area contributed by atoms with Crippen molar-refractivity contribution in [2.75, 3.05) is 10.2 Å². The Morgan fingerprint density at radius 3 is 2.38 bits per heavy atom. The lowest BCUT2D eigenvalue weighted by Crippen LogP contribution is -2.32. The Morgan fingerprint density at radius 2 is 1.72 bits per heavy atom. The molecule has 146 valence electrons. The predicted molar refractivity (Wildman–Crippen MR) is 119 cm³/mol. The Labute approximate surface area is 174 Å². The highest BCUT2D eigenvalue weighted by atomic mass is 32.1. The monoisotopic (exact) mass is 402 g/mol. The summed E-state index contributed by atoms with van der Waals surface area (Å²) in [6, 6.07) is 17.4. The highest BCUT2D eigenvalue weighted by Crippen LogP contribution is 2.36. The van der Waals surface area contributed by atoms with Crippen LogP contribution < -0.4 is 10.2 Å². The molecule has 5 heteroatoms. The molecule has 1 N–H and O–H groups in total. The first-order chi connectivity index (χ1) is 14.0. The second-order valence-corrected chi connectivity index (χ2v) is 8.08. The molecule has 0 bridgehead atoms. The van der Waals surface area contributed by atoms with Crippen molar-refractivity contribution in [1.29, 1.82) is 0 Å². The summed E-state index contributed by atoms with van der Waals surface area (Å²) in [5, 5.41) is 5.18. The van der Waals surface area contributed by atoms with Crippen molar-refractivity contribution in [3.63, 3.8) is 0 Å². The van der Waals surface area contributed by atoms with Gasteiger partial charge in [0.2, 0.25) is 0 Å². The number of benzene rings is 2. The Hall–Kier alpha value is -3.18. The van der Waals surface area contributed by atoms with Gasteiger partial charge in [-0.3, -0.25) is 9.59 Å². The van der Waals surface area contributed by atoms with E-state index in [-0.39, 0.29) is 11.8 Å². The maximum atomic E-state index is 13.4. The van der Waals surface area contributed by atoms with E-state index in [1.807, 2.05) is 73.8 Å². The average Bonchev–Trinajstić information content (AvgIpc) is 3.32. The highest BCUT2D eigenvalue weighted by molar-refractivity contribution is 7.11. The van der Waals surface area contributed by atoms with E-state index in [1.165, 1.54) is 16.2 Å². The molecule has 1 aliphatic heterocycles. The third-order valence-electron chi connectivity index (χ3n) is 5.11. The second-order valence-electron chi connectivity index (χ2n) is 7.14. The summed E-state index contributed by atoms with van der Waals surface area (Å²) in [6.45, 7) is 6.06. The second kappa shape index (κ2) is 7.68. The molecule has 1 aliphatic rings. The number of carbonyl (C=O) groups is 2. The van der Waals surface area contributed by atoms with Crippen LogP contribution in [0.2, 0.25) is 0 Å². The third-order valence-corrected chi connectivity index (χ3v) is 5.99. The third kappa shape index (κ3) is 3.49. The van der Waals surface area contributed by atoms with Crippen LogP contribution in [0, 0.1) is 13.8 Å². The van der Waals surface area contributed by atoms with Gasteiger partial charge in [0.1, 0.15) is 5.70 Å². The quantitative estimate of drug-likeness (QED) is 0.587. The van der Waals surface area contributed by atoms with E-state index in [4.69, 9.17) is 0 Å². The zero-order valence-electron chi connectivity index (χ0n) is 16.7. The predicted octanol–water partition coefficient (Wildman–Crippen LogP) is 5.32. The number of hydrogen-bond donors (Lipinski definition) is 1. The average molecular weight is 403 g/mol. The van der Waals surface area contributed by atoms with Crippen molar-refractivity contribution in [3.05, 3.63) is 87.2 Å². The maximum absolute atomic E-state index is 13.4. The Bertz CT molecular complexity index is 1110. The van der Waals surface area contributed by atoms with E-state index in [1.54, 1.807) is 0 Å². The smallest absolute Gasteiger partial charge is 0.282 e. The number of aryl methyl sites for hydroxylation is 3. The van der Waals surface area contributed by atoms with Gasteiger partial charge in [0.05, 0.1) is 11.3 Å². The maximum Gasteiger partial charge on any atom is 0.282 e. The van der Waals surface area contributed by atoms with Gasteiger partial charge < -0.3 is 5.32 Å². The molecule has 4 nitrogen and oxygen atoms in total. The molecule has 0 aliphatic carbocycles. The van der Waals surface area contributed by atoms with Gasteiger partial charge in [-0.2, -0.15) is 0 Å². The number of thiophene rings is 1. The molecule has 0 spiro atoms. The number of amides is 2. The van der Waals surface area contributed by atoms with Crippen LogP contribution in [0.5, 0.6) is 0 Å². The minimum Gasteiger partial charge on any atom is -0.350 e. The molecule has 0 saturated carbocycles. The lowest BCUT2D eigenvalue weighted by atomic mass is 10.1. The van der Waals surface area contributed by atoms with Crippen LogP contribution in [0.4, 0.5) is 11.4 Å². The van der Waals surface area contributed by atoms with E-state index in [2.05, 4.69) is 12.2 Å². The van der Waals surface area contributed by atoms with Gasteiger partial charge in [-0.1, -0.05) is 37.3 Å². The molecule has 2 amide bonds. The van der Waals surface area contributed by atoms with E-state index in [9.17, 15) is 9.59 Å². The number of nitrogens with zero attached hydrogens (tertiary/aromatic N) is 1. The van der Waals surface area contributed by atoms with E-state index >= 15 is 0 Å². The topological polar surface area (TPSA) is 49.4 Å². The van der Waals surface area contributed by atoms with Crippen molar-refractivity contribution in [2.24, 2.45) is 0 Å². The summed E-state index contributed by atoms with van der Waals surface area (Å²) >= 11 is 1.45. The normalized spacial score (nSPS) is 14.1. The van der Waals surface area contributed by atoms with Crippen LogP contribution in [0.15, 0.2) is 65.7 Å². The summed E-state index contributed by atoms with van der Waals surface area (Å²) in [5.41, 5.74) is 5.42. The van der Waals surface area contributed by atoms with Crippen molar-refractivity contribution >= 4 is 40.1 Å². The first-order valence-corrected chi connectivity index (χ1v) is 10.5. The highest BCUT2D eigenvalue weighted by Gasteiger charge is 2.40. The van der Waals surface area contributed by atoms with E-state index in [0.717, 1.165) is 33.7 Å². The molecule has 0 unspecified atom stereocenters. The molecule has 2 heterocycles. The first kappa shape index (κ1) is 19.2. The largest absolute Gasteiger partial charge is 0.350 e. The van der Waals surface area contributed by atoms with Gasteiger partial charge in [-0.05, 0) is 66.6 Å². The van der Waals surface area contributed by atoms with Gasteiger partial charge in [-0.25, -0.2) is 4.90 Å². The summed E-state index contributed by atoms with van der Waals surface area (Å²) in [4.78, 5) is 28.7. The van der Waals surface area contributed by atoms with Crippen molar-refractivity contribution < 1.29 is 9.59 Å². The molecule has 0 saturated heterocycles. The molecule has 4 rings (SSSR count). The number of rotatable bonds is 5. The molecule has 0 atom stereocenters. The zero-order valence-corrected chi connectivity index (χ0v) is 17.5. The van der Waals surface area contributed by atoms with Crippen LogP contribution in [-0.2, 0) is 16.0 Å². The van der Waals surface area contributed by atoms with Gasteiger partial charge in [-0.15, -0.1) is 11.3 Å². The van der Waals surface area contributed by atoms with Gasteiger partial charge in [0.15, 0.2) is 0 Å². The minimum atomic E-state index is -0.330. The van der Waals surface area contributed by atoms with Gasteiger partial charge in [0.25, 0.3) is 11.8 Å². The van der Waals surface area contributed by atoms with Crippen LogP contribution >= 0.6 is 11.3 Å². The van der Waals surface area contributed by atoms with Crippen LogP contribution in [0.3, 0.4) is 0 Å². The molecule has 0 radical (unpaired) electrons. The zero-order chi connectivity index (χ0) is 20.5. The van der Waals surface area contributed by atoms with E-state index in [0.29, 0.717) is 17.0 Å². The van der Waals surface area contributed by atoms with Crippen LogP contribution in [-0.4, -0.2) is 11.8 Å². The fraction of sp³-hybridized carbons (Fsp3) is 0.167. The first-order valence-electron chi connectivity index (χ1n) is 9.59. The van der Waals surface area contributed by atoms with Crippen molar-refractivity contribution in [1.82, 2.24) is 0 Å². The molecule has 2 aromatic carbocycles. The molecular weight excluding hydrogens is 380 g/mol. The lowest BCUT2D eigenvalue weighted by molar-refractivity contribution is -0.120.